The quantitative estimate of drug-likeness (QED) is 0.358. The van der Waals surface area contributed by atoms with E-state index in [4.69, 9.17) is 5.21 Å². The van der Waals surface area contributed by atoms with E-state index in [-0.39, 0.29) is 11.3 Å². The van der Waals surface area contributed by atoms with E-state index in [1.54, 1.807) is 6.07 Å². The molecule has 8 nitrogen and oxygen atoms in total. The van der Waals surface area contributed by atoms with Crippen LogP contribution in [0.3, 0.4) is 0 Å². The van der Waals surface area contributed by atoms with E-state index in [0.29, 0.717) is 5.56 Å². The first-order valence-corrected chi connectivity index (χ1v) is 7.71. The number of phenols is 1. The van der Waals surface area contributed by atoms with Crippen LogP contribution in [0.2, 0.25) is 0 Å². The molecule has 0 heterocycles. The standard InChI is InChI=1S/C18H19N3O5/c1-19-16(23)15(17(24)20-26)21(2)18(25)13-9-8-12(10-14(13)22)11-6-4-3-5-7-11/h3-10,15,22,26H,1-2H3,(H,19,23)(H,20,24). The zero-order valence-corrected chi connectivity index (χ0v) is 14.3. The number of carbonyl (C=O) groups is 3. The molecule has 0 spiro atoms. The predicted molar refractivity (Wildman–Crippen MR) is 93.4 cm³/mol. The summed E-state index contributed by atoms with van der Waals surface area (Å²) < 4.78 is 0. The van der Waals surface area contributed by atoms with Crippen molar-refractivity contribution in [3.05, 3.63) is 54.1 Å². The van der Waals surface area contributed by atoms with Crippen LogP contribution >= 0.6 is 0 Å². The van der Waals surface area contributed by atoms with Crippen molar-refractivity contribution in [2.75, 3.05) is 14.1 Å². The van der Waals surface area contributed by atoms with Gasteiger partial charge in [-0.1, -0.05) is 36.4 Å². The number of rotatable bonds is 5. The van der Waals surface area contributed by atoms with Crippen LogP contribution in [0.25, 0.3) is 11.1 Å². The van der Waals surface area contributed by atoms with Gasteiger partial charge in [-0.2, -0.15) is 0 Å². The van der Waals surface area contributed by atoms with E-state index in [1.165, 1.54) is 31.7 Å². The predicted octanol–water partition coefficient (Wildman–Crippen LogP) is 0.751. The summed E-state index contributed by atoms with van der Waals surface area (Å²) in [6.45, 7) is 0. The SMILES string of the molecule is CNC(=O)C(C(=O)NO)N(C)C(=O)c1ccc(-c2ccccc2)cc1O. The third kappa shape index (κ3) is 3.81. The lowest BCUT2D eigenvalue weighted by Crippen LogP contribution is -2.54. The molecular weight excluding hydrogens is 338 g/mol. The van der Waals surface area contributed by atoms with Gasteiger partial charge in [-0.15, -0.1) is 0 Å². The highest BCUT2D eigenvalue weighted by molar-refractivity contribution is 6.09. The Morgan fingerprint density at radius 1 is 1.00 bits per heavy atom. The third-order valence-corrected chi connectivity index (χ3v) is 3.90. The first-order chi connectivity index (χ1) is 12.4. The molecule has 0 radical (unpaired) electrons. The Morgan fingerprint density at radius 3 is 2.19 bits per heavy atom. The molecule has 2 aromatic rings. The Balaban J connectivity index is 2.33. The highest BCUT2D eigenvalue weighted by Gasteiger charge is 2.34. The average Bonchev–Trinajstić information content (AvgIpc) is 2.67. The van der Waals surface area contributed by atoms with Crippen LogP contribution in [0.4, 0.5) is 0 Å². The average molecular weight is 357 g/mol. The van der Waals surface area contributed by atoms with Crippen LogP contribution in [0.15, 0.2) is 48.5 Å². The van der Waals surface area contributed by atoms with Crippen LogP contribution < -0.4 is 10.8 Å². The highest BCUT2D eigenvalue weighted by atomic mass is 16.5. The maximum Gasteiger partial charge on any atom is 0.275 e. The van der Waals surface area contributed by atoms with Crippen molar-refractivity contribution in [3.8, 4) is 16.9 Å². The molecule has 8 heteroatoms. The van der Waals surface area contributed by atoms with E-state index in [1.807, 2.05) is 30.3 Å². The van der Waals surface area contributed by atoms with Gasteiger partial charge in [0, 0.05) is 14.1 Å². The first kappa shape index (κ1) is 18.9. The number of benzene rings is 2. The van der Waals surface area contributed by atoms with Crippen molar-refractivity contribution >= 4 is 17.7 Å². The number of phenolic OH excluding ortho intramolecular Hbond substituents is 1. The van der Waals surface area contributed by atoms with Crippen LogP contribution in [0, 0.1) is 0 Å². The molecule has 1 atom stereocenters. The summed E-state index contributed by atoms with van der Waals surface area (Å²) >= 11 is 0. The Morgan fingerprint density at radius 2 is 1.65 bits per heavy atom. The van der Waals surface area contributed by atoms with Gasteiger partial charge in [0.15, 0.2) is 6.04 Å². The van der Waals surface area contributed by atoms with Crippen LogP contribution in [0.1, 0.15) is 10.4 Å². The number of hydroxylamine groups is 1. The third-order valence-electron chi connectivity index (χ3n) is 3.90. The van der Waals surface area contributed by atoms with E-state index in [9.17, 15) is 19.5 Å². The molecule has 0 aromatic heterocycles. The Kier molecular flexibility index (Phi) is 5.92. The van der Waals surface area contributed by atoms with Gasteiger partial charge < -0.3 is 15.3 Å². The molecule has 0 saturated heterocycles. The zero-order chi connectivity index (χ0) is 19.3. The summed E-state index contributed by atoms with van der Waals surface area (Å²) in [7, 11) is 2.52. The van der Waals surface area contributed by atoms with E-state index in [2.05, 4.69) is 5.32 Å². The number of hydrogen-bond acceptors (Lipinski definition) is 5. The summed E-state index contributed by atoms with van der Waals surface area (Å²) in [5.41, 5.74) is 2.85. The molecule has 0 aliphatic rings. The Bertz CT molecular complexity index is 807. The van der Waals surface area contributed by atoms with Gasteiger partial charge in [0.1, 0.15) is 5.75 Å². The normalized spacial score (nSPS) is 11.3. The molecule has 0 bridgehead atoms. The summed E-state index contributed by atoms with van der Waals surface area (Å²) in [6, 6.07) is 12.2. The van der Waals surface area contributed by atoms with Crippen LogP contribution in [-0.4, -0.2) is 53.1 Å². The second-order valence-electron chi connectivity index (χ2n) is 5.51. The van der Waals surface area contributed by atoms with Crippen molar-refractivity contribution in [3.63, 3.8) is 0 Å². The summed E-state index contributed by atoms with van der Waals surface area (Å²) in [5, 5.41) is 21.3. The minimum atomic E-state index is -1.59. The van der Waals surface area contributed by atoms with Gasteiger partial charge in [0.2, 0.25) is 0 Å². The second kappa shape index (κ2) is 8.13. The molecule has 0 aliphatic carbocycles. The van der Waals surface area contributed by atoms with E-state index in [0.717, 1.165) is 10.5 Å². The molecule has 3 amide bonds. The number of carbonyl (C=O) groups excluding carboxylic acids is 3. The molecular formula is C18H19N3O5. The summed E-state index contributed by atoms with van der Waals surface area (Å²) in [5.74, 6) is -2.89. The molecule has 0 saturated carbocycles. The molecule has 4 N–H and O–H groups in total. The molecule has 26 heavy (non-hydrogen) atoms. The van der Waals surface area contributed by atoms with Gasteiger partial charge in [0.25, 0.3) is 17.7 Å². The van der Waals surface area contributed by atoms with Gasteiger partial charge in [0.05, 0.1) is 5.56 Å². The minimum absolute atomic E-state index is 0.0770. The molecule has 2 rings (SSSR count). The van der Waals surface area contributed by atoms with Crippen molar-refractivity contribution < 1.29 is 24.7 Å². The van der Waals surface area contributed by atoms with Gasteiger partial charge in [-0.05, 0) is 23.3 Å². The van der Waals surface area contributed by atoms with Gasteiger partial charge in [-0.25, -0.2) is 5.48 Å². The molecule has 136 valence electrons. The van der Waals surface area contributed by atoms with Crippen LogP contribution in [-0.2, 0) is 9.59 Å². The lowest BCUT2D eigenvalue weighted by Gasteiger charge is -2.25. The monoisotopic (exact) mass is 357 g/mol. The Labute approximate surface area is 150 Å². The fourth-order valence-corrected chi connectivity index (χ4v) is 2.50. The number of nitrogens with zero attached hydrogens (tertiary/aromatic N) is 1. The minimum Gasteiger partial charge on any atom is -0.507 e. The van der Waals surface area contributed by atoms with E-state index >= 15 is 0 Å². The molecule has 1 unspecified atom stereocenters. The van der Waals surface area contributed by atoms with Crippen molar-refractivity contribution in [2.45, 2.75) is 6.04 Å². The smallest absolute Gasteiger partial charge is 0.275 e. The maximum atomic E-state index is 12.6. The molecule has 0 aliphatic heterocycles. The summed E-state index contributed by atoms with van der Waals surface area (Å²) in [6.07, 6.45) is 0. The van der Waals surface area contributed by atoms with E-state index < -0.39 is 23.8 Å². The summed E-state index contributed by atoms with van der Waals surface area (Å²) in [4.78, 5) is 37.1. The second-order valence-corrected chi connectivity index (χ2v) is 5.51. The lowest BCUT2D eigenvalue weighted by molar-refractivity contribution is -0.140. The zero-order valence-electron chi connectivity index (χ0n) is 14.3. The van der Waals surface area contributed by atoms with Gasteiger partial charge in [-0.3, -0.25) is 19.6 Å². The van der Waals surface area contributed by atoms with Crippen molar-refractivity contribution in [2.24, 2.45) is 0 Å². The molecule has 2 aromatic carbocycles. The number of hydrogen-bond donors (Lipinski definition) is 4. The number of amides is 3. The molecule has 0 fully saturated rings. The number of nitrogens with one attached hydrogen (secondary N) is 2. The van der Waals surface area contributed by atoms with Crippen molar-refractivity contribution in [1.29, 1.82) is 0 Å². The first-order valence-electron chi connectivity index (χ1n) is 7.71. The Hall–Kier alpha value is -3.39. The fraction of sp³-hybridized carbons (Fsp3) is 0.167. The fourth-order valence-electron chi connectivity index (χ4n) is 2.50. The number of likely N-dealkylation sites (N-methyl/N-ethyl adjacent to an activating group) is 2. The topological polar surface area (TPSA) is 119 Å². The van der Waals surface area contributed by atoms with Gasteiger partial charge >= 0.3 is 0 Å². The lowest BCUT2D eigenvalue weighted by atomic mass is 10.0. The highest BCUT2D eigenvalue weighted by Crippen LogP contribution is 2.27. The van der Waals surface area contributed by atoms with Crippen LogP contribution in [0.5, 0.6) is 5.75 Å². The van der Waals surface area contributed by atoms with Crippen molar-refractivity contribution in [1.82, 2.24) is 15.7 Å². The maximum absolute atomic E-state index is 12.6. The largest absolute Gasteiger partial charge is 0.507 e. The number of aromatic hydroxyl groups is 1.